The van der Waals surface area contributed by atoms with Gasteiger partial charge in [-0.1, -0.05) is 18.2 Å². The lowest BCUT2D eigenvalue weighted by atomic mass is 9.75. The zero-order valence-corrected chi connectivity index (χ0v) is 15.9. The highest BCUT2D eigenvalue weighted by Crippen LogP contribution is 2.51. The molecule has 0 radical (unpaired) electrons. The van der Waals surface area contributed by atoms with Gasteiger partial charge in [-0.05, 0) is 30.7 Å². The predicted molar refractivity (Wildman–Crippen MR) is 105 cm³/mol. The summed E-state index contributed by atoms with van der Waals surface area (Å²) < 4.78 is 39.3. The Hall–Kier alpha value is -3.53. The predicted octanol–water partition coefficient (Wildman–Crippen LogP) is 3.83. The number of pyridine rings is 1. The lowest BCUT2D eigenvalue weighted by Crippen LogP contribution is -2.55. The number of benzene rings is 1. The Morgan fingerprint density at radius 2 is 2.03 bits per heavy atom. The second kappa shape index (κ2) is 7.02. The number of anilines is 2. The van der Waals surface area contributed by atoms with Crippen LogP contribution in [0.3, 0.4) is 0 Å². The van der Waals surface area contributed by atoms with E-state index in [0.717, 1.165) is 17.7 Å². The van der Waals surface area contributed by atoms with E-state index in [0.29, 0.717) is 17.9 Å². The number of alkyl halides is 3. The Morgan fingerprint density at radius 3 is 2.74 bits per heavy atom. The van der Waals surface area contributed by atoms with E-state index in [2.05, 4.69) is 20.3 Å². The number of carbonyl (C=O) groups excluding carboxylic acids is 1. The van der Waals surface area contributed by atoms with Gasteiger partial charge in [-0.3, -0.25) is 10.2 Å². The van der Waals surface area contributed by atoms with Gasteiger partial charge in [0.05, 0.1) is 23.4 Å². The Morgan fingerprint density at radius 1 is 1.19 bits per heavy atom. The zero-order valence-electron chi connectivity index (χ0n) is 15.9. The van der Waals surface area contributed by atoms with Crippen LogP contribution in [0.1, 0.15) is 23.5 Å². The second-order valence-electron chi connectivity index (χ2n) is 7.48. The lowest BCUT2D eigenvalue weighted by molar-refractivity contribution is -0.137. The van der Waals surface area contributed by atoms with E-state index in [1.54, 1.807) is 12.1 Å². The van der Waals surface area contributed by atoms with Gasteiger partial charge in [-0.15, -0.1) is 0 Å². The molecule has 3 atom stereocenters. The number of carbonyl (C=O) groups is 1. The molecular weight excluding hydrogens is 411 g/mol. The monoisotopic (exact) mass is 427 g/mol. The van der Waals surface area contributed by atoms with E-state index in [1.165, 1.54) is 35.6 Å². The lowest BCUT2D eigenvalue weighted by Gasteiger charge is -2.40. The maximum absolute atomic E-state index is 13.1. The molecule has 1 aromatic carbocycles. The summed E-state index contributed by atoms with van der Waals surface area (Å²) in [5.74, 6) is 0.532. The first-order chi connectivity index (χ1) is 14.8. The van der Waals surface area contributed by atoms with Crippen molar-refractivity contribution in [1.82, 2.24) is 15.0 Å². The minimum atomic E-state index is -4.47. The van der Waals surface area contributed by atoms with Crippen LogP contribution in [0.4, 0.5) is 29.6 Å². The molecule has 0 bridgehead atoms. The van der Waals surface area contributed by atoms with Gasteiger partial charge in [0.25, 0.3) is 0 Å². The molecule has 2 unspecified atom stereocenters. The van der Waals surface area contributed by atoms with Crippen molar-refractivity contribution in [3.8, 4) is 11.3 Å². The van der Waals surface area contributed by atoms with Crippen molar-refractivity contribution in [1.29, 1.82) is 0 Å². The third kappa shape index (κ3) is 3.28. The quantitative estimate of drug-likeness (QED) is 0.649. The number of amides is 2. The first-order valence-corrected chi connectivity index (χ1v) is 9.56. The molecule has 2 amide bonds. The molecule has 1 aliphatic heterocycles. The molecule has 2 aliphatic rings. The van der Waals surface area contributed by atoms with Crippen molar-refractivity contribution in [3.63, 3.8) is 0 Å². The third-order valence-electron chi connectivity index (χ3n) is 5.65. The summed E-state index contributed by atoms with van der Waals surface area (Å²) in [5.41, 5.74) is 0.596. The van der Waals surface area contributed by atoms with Crippen LogP contribution in [0.25, 0.3) is 11.3 Å². The number of nitrogens with one attached hydrogen (secondary N) is 1. The Labute approximate surface area is 174 Å². The van der Waals surface area contributed by atoms with Gasteiger partial charge in [0.2, 0.25) is 0 Å². The van der Waals surface area contributed by atoms with Gasteiger partial charge < -0.3 is 5.11 Å². The van der Waals surface area contributed by atoms with Gasteiger partial charge >= 0.3 is 12.2 Å². The van der Waals surface area contributed by atoms with E-state index >= 15 is 0 Å². The summed E-state index contributed by atoms with van der Waals surface area (Å²) in [6.45, 7) is 0. The molecule has 1 saturated carbocycles. The first kappa shape index (κ1) is 19.4. The van der Waals surface area contributed by atoms with E-state index in [9.17, 15) is 23.1 Å². The third-order valence-corrected chi connectivity index (χ3v) is 5.65. The topological polar surface area (TPSA) is 91.2 Å². The van der Waals surface area contributed by atoms with Crippen LogP contribution in [0.5, 0.6) is 0 Å². The molecule has 1 aliphatic carbocycles. The van der Waals surface area contributed by atoms with Gasteiger partial charge in [0, 0.05) is 23.2 Å². The summed E-state index contributed by atoms with van der Waals surface area (Å²) in [5, 5.41) is 12.9. The summed E-state index contributed by atoms with van der Waals surface area (Å²) in [6.07, 6.45) is -1.93. The highest BCUT2D eigenvalue weighted by Gasteiger charge is 2.54. The molecule has 3 aromatic rings. The van der Waals surface area contributed by atoms with Crippen LogP contribution in [0.15, 0.2) is 55.0 Å². The standard InChI is InChI=1S/C21H16F3N5O2/c22-21(23,24)12-3-1-2-11(8-12)15-5-4-13-14-9-16(30)18(14)29(19(13)27-15)20(31)28-17-6-7-25-10-26-17/h1-8,10,14,16,18,30H,9H2,(H,25,26,28,31)/t14?,16-,18?/m1/s1. The molecular formula is C21H16F3N5O2. The Kier molecular flexibility index (Phi) is 4.40. The maximum atomic E-state index is 13.1. The summed E-state index contributed by atoms with van der Waals surface area (Å²) in [6, 6.07) is 8.79. The molecule has 31 heavy (non-hydrogen) atoms. The van der Waals surface area contributed by atoms with Crippen molar-refractivity contribution in [2.75, 3.05) is 10.2 Å². The average Bonchev–Trinajstić information content (AvgIpc) is 3.02. The van der Waals surface area contributed by atoms with Crippen LogP contribution in [-0.2, 0) is 6.18 Å². The number of urea groups is 1. The highest BCUT2D eigenvalue weighted by atomic mass is 19.4. The van der Waals surface area contributed by atoms with Crippen LogP contribution < -0.4 is 10.2 Å². The van der Waals surface area contributed by atoms with Crippen molar-refractivity contribution >= 4 is 17.7 Å². The van der Waals surface area contributed by atoms with Crippen molar-refractivity contribution < 1.29 is 23.1 Å². The molecule has 5 rings (SSSR count). The zero-order chi connectivity index (χ0) is 21.8. The summed E-state index contributed by atoms with van der Waals surface area (Å²) in [4.78, 5) is 26.7. The summed E-state index contributed by atoms with van der Waals surface area (Å²) >= 11 is 0. The van der Waals surface area contributed by atoms with E-state index in [-0.39, 0.29) is 17.3 Å². The summed E-state index contributed by atoms with van der Waals surface area (Å²) in [7, 11) is 0. The highest BCUT2D eigenvalue weighted by molar-refractivity contribution is 6.03. The Balaban J connectivity index is 1.52. The molecule has 1 fully saturated rings. The molecule has 7 nitrogen and oxygen atoms in total. The molecule has 2 N–H and O–H groups in total. The average molecular weight is 427 g/mol. The van der Waals surface area contributed by atoms with E-state index in [1.807, 2.05) is 0 Å². The number of aliphatic hydroxyl groups is 1. The molecule has 0 saturated heterocycles. The Bertz CT molecular complexity index is 1160. The number of aromatic nitrogens is 3. The normalized spacial score (nSPS) is 21.8. The minimum absolute atomic E-state index is 0.0794. The number of hydrogen-bond acceptors (Lipinski definition) is 5. The SMILES string of the molecule is O=C(Nc1ccncn1)N1c2nc(-c3cccc(C(F)(F)F)c3)ccc2C2C[C@@H](O)C21. The van der Waals surface area contributed by atoms with Crippen LogP contribution in [0.2, 0.25) is 0 Å². The van der Waals surface area contributed by atoms with Crippen molar-refractivity contribution in [3.05, 3.63) is 66.1 Å². The molecule has 2 aromatic heterocycles. The smallest absolute Gasteiger partial charge is 0.391 e. The van der Waals surface area contributed by atoms with Gasteiger partial charge in [-0.25, -0.2) is 19.7 Å². The van der Waals surface area contributed by atoms with E-state index in [4.69, 9.17) is 0 Å². The number of aliphatic hydroxyl groups excluding tert-OH is 1. The van der Waals surface area contributed by atoms with Crippen LogP contribution >= 0.6 is 0 Å². The number of rotatable bonds is 2. The minimum Gasteiger partial charge on any atom is -0.391 e. The maximum Gasteiger partial charge on any atom is 0.416 e. The van der Waals surface area contributed by atoms with Gasteiger partial charge in [0.1, 0.15) is 18.0 Å². The fourth-order valence-electron chi connectivity index (χ4n) is 4.14. The largest absolute Gasteiger partial charge is 0.416 e. The van der Waals surface area contributed by atoms with Gasteiger partial charge in [0.15, 0.2) is 0 Å². The van der Waals surface area contributed by atoms with Crippen LogP contribution in [0, 0.1) is 0 Å². The van der Waals surface area contributed by atoms with Crippen molar-refractivity contribution in [2.45, 2.75) is 30.7 Å². The number of fused-ring (bicyclic) bond motifs is 3. The number of nitrogens with zero attached hydrogens (tertiary/aromatic N) is 4. The fraction of sp³-hybridized carbons (Fsp3) is 0.238. The van der Waals surface area contributed by atoms with Crippen LogP contribution in [-0.4, -0.2) is 38.2 Å². The van der Waals surface area contributed by atoms with Crippen molar-refractivity contribution in [2.24, 2.45) is 0 Å². The first-order valence-electron chi connectivity index (χ1n) is 9.56. The second-order valence-corrected chi connectivity index (χ2v) is 7.48. The number of halogens is 3. The number of hydrogen-bond donors (Lipinski definition) is 2. The molecule has 158 valence electrons. The molecule has 0 spiro atoms. The fourth-order valence-corrected chi connectivity index (χ4v) is 4.14. The van der Waals surface area contributed by atoms with E-state index < -0.39 is 29.9 Å². The molecule has 3 heterocycles. The molecule has 10 heteroatoms. The van der Waals surface area contributed by atoms with Gasteiger partial charge in [-0.2, -0.15) is 13.2 Å².